The fourth-order valence-corrected chi connectivity index (χ4v) is 3.32. The number of nitrogens with one attached hydrogen (secondary N) is 1. The van der Waals surface area contributed by atoms with Crippen molar-refractivity contribution in [3.05, 3.63) is 59.9 Å². The summed E-state index contributed by atoms with van der Waals surface area (Å²) < 4.78 is 43.4. The average Bonchev–Trinajstić information content (AvgIpc) is 2.61. The van der Waals surface area contributed by atoms with Gasteiger partial charge in [0.05, 0.1) is 24.6 Å². The highest BCUT2D eigenvalue weighted by atomic mass is 32.2. The molecular formula is C18H19FN2O5S. The molecule has 0 saturated heterocycles. The standard InChI is InChI=1S/C18H19FN2O5S/c1-26-18(23)13-6-5-7-14(12-13)20-17(22)10-11-21(27(2,24)25)16-9-4-3-8-15(16)19/h3-9,12H,10-11H2,1-2H3,(H,20,22). The van der Waals surface area contributed by atoms with Crippen LogP contribution in [0.3, 0.4) is 0 Å². The smallest absolute Gasteiger partial charge is 0.337 e. The number of esters is 1. The van der Waals surface area contributed by atoms with Gasteiger partial charge in [0.2, 0.25) is 15.9 Å². The van der Waals surface area contributed by atoms with Crippen LogP contribution in [0, 0.1) is 5.82 Å². The molecule has 7 nitrogen and oxygen atoms in total. The average molecular weight is 394 g/mol. The minimum Gasteiger partial charge on any atom is -0.465 e. The lowest BCUT2D eigenvalue weighted by Crippen LogP contribution is -2.33. The summed E-state index contributed by atoms with van der Waals surface area (Å²) in [5, 5.41) is 2.57. The predicted octanol–water partition coefficient (Wildman–Crippen LogP) is 2.41. The van der Waals surface area contributed by atoms with E-state index in [2.05, 4.69) is 10.1 Å². The lowest BCUT2D eigenvalue weighted by molar-refractivity contribution is -0.116. The van der Waals surface area contributed by atoms with E-state index < -0.39 is 27.7 Å². The van der Waals surface area contributed by atoms with E-state index in [4.69, 9.17) is 0 Å². The molecule has 27 heavy (non-hydrogen) atoms. The summed E-state index contributed by atoms with van der Waals surface area (Å²) >= 11 is 0. The number of carbonyl (C=O) groups is 2. The topological polar surface area (TPSA) is 92.8 Å². The van der Waals surface area contributed by atoms with Crippen LogP contribution in [0.1, 0.15) is 16.8 Å². The van der Waals surface area contributed by atoms with Crippen LogP contribution in [0.2, 0.25) is 0 Å². The van der Waals surface area contributed by atoms with E-state index >= 15 is 0 Å². The van der Waals surface area contributed by atoms with E-state index in [-0.39, 0.29) is 24.2 Å². The van der Waals surface area contributed by atoms with Gasteiger partial charge in [-0.3, -0.25) is 9.10 Å². The first kappa shape index (κ1) is 20.4. The molecule has 0 saturated carbocycles. The molecule has 1 amide bonds. The van der Waals surface area contributed by atoms with Crippen LogP contribution in [0.5, 0.6) is 0 Å². The summed E-state index contributed by atoms with van der Waals surface area (Å²) in [5.41, 5.74) is 0.500. The van der Waals surface area contributed by atoms with Gasteiger partial charge in [0.15, 0.2) is 0 Å². The molecule has 0 fully saturated rings. The highest BCUT2D eigenvalue weighted by Gasteiger charge is 2.21. The van der Waals surface area contributed by atoms with Crippen LogP contribution in [-0.2, 0) is 19.6 Å². The Kier molecular flexibility index (Phi) is 6.51. The first-order valence-electron chi connectivity index (χ1n) is 7.93. The Morgan fingerprint density at radius 2 is 1.85 bits per heavy atom. The minimum atomic E-state index is -3.78. The maximum atomic E-state index is 13.9. The van der Waals surface area contributed by atoms with E-state index in [1.165, 1.54) is 37.4 Å². The van der Waals surface area contributed by atoms with Crippen molar-refractivity contribution in [2.75, 3.05) is 29.5 Å². The molecule has 2 rings (SSSR count). The zero-order valence-electron chi connectivity index (χ0n) is 14.8. The lowest BCUT2D eigenvalue weighted by Gasteiger charge is -2.22. The number of benzene rings is 2. The Bertz CT molecular complexity index is 946. The molecule has 2 aromatic rings. The fourth-order valence-electron chi connectivity index (χ4n) is 2.39. The maximum absolute atomic E-state index is 13.9. The Hall–Kier alpha value is -2.94. The number of anilines is 2. The summed E-state index contributed by atoms with van der Waals surface area (Å²) in [7, 11) is -2.53. The molecule has 0 radical (unpaired) electrons. The van der Waals surface area contributed by atoms with Crippen molar-refractivity contribution in [2.45, 2.75) is 6.42 Å². The first-order chi connectivity index (χ1) is 12.7. The van der Waals surface area contributed by atoms with Crippen molar-refractivity contribution in [3.8, 4) is 0 Å². The zero-order valence-corrected chi connectivity index (χ0v) is 15.6. The van der Waals surface area contributed by atoms with E-state index in [9.17, 15) is 22.4 Å². The second-order valence-electron chi connectivity index (χ2n) is 5.66. The van der Waals surface area contributed by atoms with Gasteiger partial charge in [-0.25, -0.2) is 17.6 Å². The second kappa shape index (κ2) is 8.63. The molecular weight excluding hydrogens is 375 g/mol. The molecule has 0 unspecified atom stereocenters. The van der Waals surface area contributed by atoms with Gasteiger partial charge < -0.3 is 10.1 Å². The van der Waals surface area contributed by atoms with Crippen LogP contribution in [-0.4, -0.2) is 40.2 Å². The van der Waals surface area contributed by atoms with E-state index in [1.54, 1.807) is 12.1 Å². The Labute approximate surface area is 156 Å². The highest BCUT2D eigenvalue weighted by molar-refractivity contribution is 7.92. The fraction of sp³-hybridized carbons (Fsp3) is 0.222. The number of sulfonamides is 1. The van der Waals surface area contributed by atoms with Gasteiger partial charge in [0, 0.05) is 18.7 Å². The number of rotatable bonds is 7. The summed E-state index contributed by atoms with van der Waals surface area (Å²) in [6.45, 7) is -0.234. The lowest BCUT2D eigenvalue weighted by atomic mass is 10.2. The number of carbonyl (C=O) groups excluding carboxylic acids is 2. The number of nitrogens with zero attached hydrogens (tertiary/aromatic N) is 1. The number of hydrogen-bond donors (Lipinski definition) is 1. The SMILES string of the molecule is COC(=O)c1cccc(NC(=O)CCN(c2ccccc2F)S(C)(=O)=O)c1. The Morgan fingerprint density at radius 1 is 1.15 bits per heavy atom. The zero-order chi connectivity index (χ0) is 20.0. The Morgan fingerprint density at radius 3 is 2.48 bits per heavy atom. The van der Waals surface area contributed by atoms with Crippen LogP contribution in [0.4, 0.5) is 15.8 Å². The summed E-state index contributed by atoms with van der Waals surface area (Å²) in [6.07, 6.45) is 0.737. The normalized spacial score (nSPS) is 10.9. The quantitative estimate of drug-likeness (QED) is 0.728. The third-order valence-corrected chi connectivity index (χ3v) is 4.81. The second-order valence-corrected chi connectivity index (χ2v) is 7.56. The van der Waals surface area contributed by atoms with Crippen molar-refractivity contribution in [1.29, 1.82) is 0 Å². The monoisotopic (exact) mass is 394 g/mol. The molecule has 9 heteroatoms. The van der Waals surface area contributed by atoms with Crippen molar-refractivity contribution >= 4 is 33.3 Å². The molecule has 0 heterocycles. The molecule has 1 N–H and O–H groups in total. The molecule has 0 aromatic heterocycles. The van der Waals surface area contributed by atoms with Gasteiger partial charge in [-0.2, -0.15) is 0 Å². The number of para-hydroxylation sites is 1. The van der Waals surface area contributed by atoms with Gasteiger partial charge in [-0.05, 0) is 30.3 Å². The number of amides is 1. The summed E-state index contributed by atoms with van der Waals surface area (Å²) in [6, 6.07) is 11.6. The van der Waals surface area contributed by atoms with Crippen LogP contribution < -0.4 is 9.62 Å². The largest absolute Gasteiger partial charge is 0.465 e. The van der Waals surface area contributed by atoms with Crippen LogP contribution >= 0.6 is 0 Å². The Balaban J connectivity index is 2.09. The maximum Gasteiger partial charge on any atom is 0.337 e. The van der Waals surface area contributed by atoms with Gasteiger partial charge in [-0.1, -0.05) is 18.2 Å². The molecule has 0 bridgehead atoms. The predicted molar refractivity (Wildman–Crippen MR) is 99.6 cm³/mol. The van der Waals surface area contributed by atoms with Gasteiger partial charge in [-0.15, -0.1) is 0 Å². The van der Waals surface area contributed by atoms with Crippen molar-refractivity contribution in [1.82, 2.24) is 0 Å². The molecule has 144 valence electrons. The van der Waals surface area contributed by atoms with E-state index in [0.717, 1.165) is 16.6 Å². The number of halogens is 1. The van der Waals surface area contributed by atoms with Gasteiger partial charge in [0.25, 0.3) is 0 Å². The number of hydrogen-bond acceptors (Lipinski definition) is 5. The summed E-state index contributed by atoms with van der Waals surface area (Å²) in [5.74, 6) is -1.73. The van der Waals surface area contributed by atoms with Crippen molar-refractivity contribution in [2.24, 2.45) is 0 Å². The molecule has 0 aliphatic rings. The van der Waals surface area contributed by atoms with E-state index in [0.29, 0.717) is 5.69 Å². The van der Waals surface area contributed by atoms with Crippen molar-refractivity contribution < 1.29 is 27.1 Å². The summed E-state index contributed by atoms with van der Waals surface area (Å²) in [4.78, 5) is 23.7. The molecule has 0 aliphatic carbocycles. The molecule has 0 atom stereocenters. The van der Waals surface area contributed by atoms with Crippen LogP contribution in [0.15, 0.2) is 48.5 Å². The number of methoxy groups -OCH3 is 1. The minimum absolute atomic E-state index is 0.125. The third kappa shape index (κ3) is 5.52. The van der Waals surface area contributed by atoms with Crippen molar-refractivity contribution in [3.63, 3.8) is 0 Å². The van der Waals surface area contributed by atoms with Crippen LogP contribution in [0.25, 0.3) is 0 Å². The van der Waals surface area contributed by atoms with Gasteiger partial charge >= 0.3 is 5.97 Å². The first-order valence-corrected chi connectivity index (χ1v) is 9.77. The third-order valence-electron chi connectivity index (χ3n) is 3.63. The van der Waals surface area contributed by atoms with Gasteiger partial charge in [0.1, 0.15) is 5.82 Å². The number of ether oxygens (including phenoxy) is 1. The van der Waals surface area contributed by atoms with E-state index in [1.807, 2.05) is 0 Å². The molecule has 0 spiro atoms. The molecule has 0 aliphatic heterocycles. The highest BCUT2D eigenvalue weighted by Crippen LogP contribution is 2.21. The molecule has 2 aromatic carbocycles.